The summed E-state index contributed by atoms with van der Waals surface area (Å²) in [5.74, 6) is -1.72. The predicted octanol–water partition coefficient (Wildman–Crippen LogP) is 2.35. The van der Waals surface area contributed by atoms with Crippen molar-refractivity contribution in [2.45, 2.75) is 11.8 Å². The van der Waals surface area contributed by atoms with Crippen LogP contribution in [0.3, 0.4) is 0 Å². The van der Waals surface area contributed by atoms with Gasteiger partial charge in [0.05, 0.1) is 0 Å². The van der Waals surface area contributed by atoms with E-state index in [1.54, 1.807) is 0 Å². The quantitative estimate of drug-likeness (QED) is 0.586. The average Bonchev–Trinajstić information content (AvgIpc) is 2.19. The zero-order valence-electron chi connectivity index (χ0n) is 7.65. The smallest absolute Gasteiger partial charge is 0.366 e. The molecular weight excluding hydrogens is 231 g/mol. The fraction of sp³-hybridized carbons (Fsp3) is 0.200. The fourth-order valence-electron chi connectivity index (χ4n) is 1.05. The SMILES string of the molecule is C#CC(O)(c1ccc(F)c(F)c1)C(F)(F)F. The summed E-state index contributed by atoms with van der Waals surface area (Å²) in [6, 6.07) is 1.24. The normalized spacial score (nSPS) is 15.3. The second-order valence-electron chi connectivity index (χ2n) is 2.98. The summed E-state index contributed by atoms with van der Waals surface area (Å²) in [5.41, 5.74) is -4.57. The van der Waals surface area contributed by atoms with Gasteiger partial charge in [0, 0.05) is 5.56 Å². The Morgan fingerprint density at radius 1 is 1.12 bits per heavy atom. The third kappa shape index (κ3) is 1.86. The first-order valence-corrected chi connectivity index (χ1v) is 3.95. The third-order valence-electron chi connectivity index (χ3n) is 1.96. The van der Waals surface area contributed by atoms with Crippen molar-refractivity contribution in [2.75, 3.05) is 0 Å². The summed E-state index contributed by atoms with van der Waals surface area (Å²) in [6.07, 6.45) is -0.597. The number of hydrogen-bond acceptors (Lipinski definition) is 1. The Bertz CT molecular complexity index is 446. The highest BCUT2D eigenvalue weighted by atomic mass is 19.4. The molecular formula is C10H5F5O. The number of rotatable bonds is 1. The lowest BCUT2D eigenvalue weighted by Crippen LogP contribution is -2.41. The molecule has 0 fully saturated rings. The van der Waals surface area contributed by atoms with E-state index in [2.05, 4.69) is 6.42 Å². The number of terminal acetylenes is 1. The van der Waals surface area contributed by atoms with Gasteiger partial charge in [-0.25, -0.2) is 8.78 Å². The molecule has 1 aromatic rings. The van der Waals surface area contributed by atoms with Crippen molar-refractivity contribution >= 4 is 0 Å². The van der Waals surface area contributed by atoms with Gasteiger partial charge in [-0.2, -0.15) is 13.2 Å². The summed E-state index contributed by atoms with van der Waals surface area (Å²) < 4.78 is 62.5. The Morgan fingerprint density at radius 3 is 2.06 bits per heavy atom. The molecule has 0 saturated heterocycles. The Kier molecular flexibility index (Phi) is 2.93. The molecule has 1 unspecified atom stereocenters. The van der Waals surface area contributed by atoms with E-state index in [1.165, 1.54) is 0 Å². The van der Waals surface area contributed by atoms with E-state index in [9.17, 15) is 27.1 Å². The molecule has 0 heterocycles. The zero-order chi connectivity index (χ0) is 12.6. The van der Waals surface area contributed by atoms with Crippen molar-refractivity contribution in [3.63, 3.8) is 0 Å². The van der Waals surface area contributed by atoms with E-state index in [1.807, 2.05) is 0 Å². The van der Waals surface area contributed by atoms with Crippen LogP contribution in [0.25, 0.3) is 0 Å². The number of alkyl halides is 3. The van der Waals surface area contributed by atoms with Crippen LogP contribution in [0.1, 0.15) is 5.56 Å². The van der Waals surface area contributed by atoms with E-state index in [0.717, 1.165) is 5.92 Å². The van der Waals surface area contributed by atoms with E-state index in [-0.39, 0.29) is 6.07 Å². The summed E-state index contributed by atoms with van der Waals surface area (Å²) in [7, 11) is 0. The number of aliphatic hydroxyl groups is 1. The lowest BCUT2D eigenvalue weighted by atomic mass is 9.94. The highest BCUT2D eigenvalue weighted by Gasteiger charge is 2.54. The molecule has 0 spiro atoms. The second kappa shape index (κ2) is 3.76. The molecule has 86 valence electrons. The van der Waals surface area contributed by atoms with Crippen LogP contribution in [0, 0.1) is 24.0 Å². The molecule has 0 saturated carbocycles. The van der Waals surface area contributed by atoms with Gasteiger partial charge in [-0.3, -0.25) is 0 Å². The molecule has 1 atom stereocenters. The topological polar surface area (TPSA) is 20.2 Å². The summed E-state index contributed by atoms with van der Waals surface area (Å²) in [5, 5.41) is 9.19. The number of hydrogen-bond donors (Lipinski definition) is 1. The van der Waals surface area contributed by atoms with Gasteiger partial charge in [-0.05, 0) is 12.1 Å². The van der Waals surface area contributed by atoms with Gasteiger partial charge in [-0.15, -0.1) is 6.42 Å². The number of benzene rings is 1. The van der Waals surface area contributed by atoms with Gasteiger partial charge in [-0.1, -0.05) is 12.0 Å². The first-order valence-electron chi connectivity index (χ1n) is 3.95. The average molecular weight is 236 g/mol. The minimum absolute atomic E-state index is 0.211. The van der Waals surface area contributed by atoms with Crippen LogP contribution in [0.4, 0.5) is 22.0 Å². The van der Waals surface area contributed by atoms with E-state index in [0.29, 0.717) is 12.1 Å². The van der Waals surface area contributed by atoms with Crippen molar-refractivity contribution in [1.29, 1.82) is 0 Å². The van der Waals surface area contributed by atoms with Crippen LogP contribution in [0.2, 0.25) is 0 Å². The van der Waals surface area contributed by atoms with E-state index in [4.69, 9.17) is 0 Å². The lowest BCUT2D eigenvalue weighted by Gasteiger charge is -2.25. The van der Waals surface area contributed by atoms with Gasteiger partial charge in [0.15, 0.2) is 11.6 Å². The van der Waals surface area contributed by atoms with Crippen LogP contribution in [-0.2, 0) is 5.60 Å². The van der Waals surface area contributed by atoms with Crippen molar-refractivity contribution in [3.05, 3.63) is 35.4 Å². The van der Waals surface area contributed by atoms with Crippen molar-refractivity contribution in [2.24, 2.45) is 0 Å². The highest BCUT2D eigenvalue weighted by molar-refractivity contribution is 5.33. The first-order chi connectivity index (χ1) is 7.22. The maximum atomic E-state index is 12.7. The monoisotopic (exact) mass is 236 g/mol. The minimum Gasteiger partial charge on any atom is -0.366 e. The molecule has 1 aromatic carbocycles. The van der Waals surface area contributed by atoms with Gasteiger partial charge < -0.3 is 5.11 Å². The molecule has 0 radical (unpaired) electrons. The van der Waals surface area contributed by atoms with Crippen LogP contribution < -0.4 is 0 Å². The second-order valence-corrected chi connectivity index (χ2v) is 2.98. The van der Waals surface area contributed by atoms with Crippen LogP contribution in [0.15, 0.2) is 18.2 Å². The third-order valence-corrected chi connectivity index (χ3v) is 1.96. The maximum absolute atomic E-state index is 12.7. The van der Waals surface area contributed by atoms with Crippen LogP contribution in [0.5, 0.6) is 0 Å². The van der Waals surface area contributed by atoms with Crippen molar-refractivity contribution in [3.8, 4) is 12.3 Å². The minimum atomic E-state index is -5.17. The number of halogens is 5. The Morgan fingerprint density at radius 2 is 1.69 bits per heavy atom. The zero-order valence-corrected chi connectivity index (χ0v) is 7.65. The Balaban J connectivity index is 3.36. The molecule has 0 bridgehead atoms. The summed E-state index contributed by atoms with van der Waals surface area (Å²) in [4.78, 5) is 0. The van der Waals surface area contributed by atoms with E-state index >= 15 is 0 Å². The van der Waals surface area contributed by atoms with E-state index < -0.39 is 29.0 Å². The summed E-state index contributed by atoms with van der Waals surface area (Å²) >= 11 is 0. The Labute approximate surface area is 87.5 Å². The summed E-state index contributed by atoms with van der Waals surface area (Å²) in [6.45, 7) is 0. The molecule has 1 N–H and O–H groups in total. The van der Waals surface area contributed by atoms with Gasteiger partial charge in [0.1, 0.15) is 0 Å². The van der Waals surface area contributed by atoms with Crippen LogP contribution in [-0.4, -0.2) is 11.3 Å². The molecule has 16 heavy (non-hydrogen) atoms. The Hall–Kier alpha value is -1.61. The molecule has 0 aliphatic carbocycles. The standard InChI is InChI=1S/C10H5F5O/c1-2-9(16,10(13,14)15)6-3-4-7(11)8(12)5-6/h1,3-5,16H. The fourth-order valence-corrected chi connectivity index (χ4v) is 1.05. The lowest BCUT2D eigenvalue weighted by molar-refractivity contribution is -0.240. The molecule has 0 aliphatic rings. The maximum Gasteiger partial charge on any atom is 0.433 e. The highest BCUT2D eigenvalue weighted by Crippen LogP contribution is 2.38. The molecule has 1 nitrogen and oxygen atoms in total. The predicted molar refractivity (Wildman–Crippen MR) is 45.1 cm³/mol. The molecule has 0 aromatic heterocycles. The molecule has 1 rings (SSSR count). The van der Waals surface area contributed by atoms with Gasteiger partial charge in [0.2, 0.25) is 5.60 Å². The van der Waals surface area contributed by atoms with Crippen molar-refractivity contribution in [1.82, 2.24) is 0 Å². The van der Waals surface area contributed by atoms with Crippen molar-refractivity contribution < 1.29 is 27.1 Å². The largest absolute Gasteiger partial charge is 0.433 e. The van der Waals surface area contributed by atoms with Gasteiger partial charge >= 0.3 is 6.18 Å². The molecule has 6 heteroatoms. The molecule has 0 aliphatic heterocycles. The van der Waals surface area contributed by atoms with Gasteiger partial charge in [0.25, 0.3) is 0 Å². The van der Waals surface area contributed by atoms with Crippen LogP contribution >= 0.6 is 0 Å². The first kappa shape index (κ1) is 12.5. The molecule has 0 amide bonds.